The van der Waals surface area contributed by atoms with E-state index in [1.165, 1.54) is 83.5 Å². The highest BCUT2D eigenvalue weighted by Crippen LogP contribution is 2.66. The Morgan fingerprint density at radius 1 is 1.06 bits per heavy atom. The molecule has 0 bridgehead atoms. The van der Waals surface area contributed by atoms with Crippen LogP contribution in [0.25, 0.3) is 0 Å². The largest absolute Gasteiger partial charge is 0.327 e. The number of nitrogens with two attached hydrogens (primary N) is 1. The van der Waals surface area contributed by atoms with E-state index >= 15 is 0 Å². The summed E-state index contributed by atoms with van der Waals surface area (Å²) in [5, 5.41) is 0. The van der Waals surface area contributed by atoms with Crippen molar-refractivity contribution in [1.29, 1.82) is 0 Å². The Morgan fingerprint density at radius 2 is 1.78 bits per heavy atom. The summed E-state index contributed by atoms with van der Waals surface area (Å²) in [6.07, 6.45) is 22.8. The van der Waals surface area contributed by atoms with E-state index in [-0.39, 0.29) is 1.43 Å². The zero-order valence-electron chi connectivity index (χ0n) is 22.8. The molecule has 4 aliphatic carbocycles. The van der Waals surface area contributed by atoms with Crippen LogP contribution in [0.4, 0.5) is 0 Å². The van der Waals surface area contributed by atoms with Gasteiger partial charge in [-0.15, -0.1) is 0 Å². The third kappa shape index (κ3) is 5.64. The van der Waals surface area contributed by atoms with Gasteiger partial charge in [0.15, 0.2) is 0 Å². The quantitative estimate of drug-likeness (QED) is 0.296. The van der Waals surface area contributed by atoms with Crippen LogP contribution in [0.2, 0.25) is 0 Å². The average molecular weight is 466 g/mol. The van der Waals surface area contributed by atoms with Crippen molar-refractivity contribution in [2.24, 2.45) is 46.2 Å². The molecule has 8 atom stereocenters. The van der Waals surface area contributed by atoms with Gasteiger partial charge >= 0.3 is 0 Å². The normalized spacial score (nSPS) is 40.9. The fourth-order valence-corrected chi connectivity index (χ4v) is 8.62. The van der Waals surface area contributed by atoms with Crippen molar-refractivity contribution in [3.05, 3.63) is 11.6 Å². The Kier molecular flexibility index (Phi) is 11.2. The van der Waals surface area contributed by atoms with Crippen LogP contribution < -0.4 is 5.73 Å². The van der Waals surface area contributed by atoms with E-state index in [4.69, 9.17) is 5.73 Å². The number of thiol groups is 1. The summed E-state index contributed by atoms with van der Waals surface area (Å²) < 4.78 is 0. The Hall–Kier alpha value is 0.0500. The van der Waals surface area contributed by atoms with E-state index in [1.807, 2.05) is 13.8 Å². The molecule has 32 heavy (non-hydrogen) atoms. The molecule has 0 aromatic carbocycles. The second kappa shape index (κ2) is 12.7. The van der Waals surface area contributed by atoms with Gasteiger partial charge in [0.25, 0.3) is 0 Å². The van der Waals surface area contributed by atoms with Gasteiger partial charge in [-0.3, -0.25) is 0 Å². The maximum absolute atomic E-state index is 6.34. The number of fused-ring (bicyclic) bond motifs is 5. The lowest BCUT2D eigenvalue weighted by Crippen LogP contribution is -2.51. The van der Waals surface area contributed by atoms with Gasteiger partial charge in [-0.2, -0.15) is 12.6 Å². The summed E-state index contributed by atoms with van der Waals surface area (Å²) in [5.41, 5.74) is 9.21. The van der Waals surface area contributed by atoms with E-state index in [0.29, 0.717) is 16.9 Å². The van der Waals surface area contributed by atoms with Crippen LogP contribution in [0.1, 0.15) is 126 Å². The first kappa shape index (κ1) is 28.3. The van der Waals surface area contributed by atoms with Crippen LogP contribution in [-0.4, -0.2) is 12.3 Å². The topological polar surface area (TPSA) is 26.0 Å². The maximum atomic E-state index is 6.34. The van der Waals surface area contributed by atoms with Crippen LogP contribution in [-0.2, 0) is 0 Å². The second-order valence-electron chi connectivity index (χ2n) is 11.9. The summed E-state index contributed by atoms with van der Waals surface area (Å²) in [6.45, 7) is 14.1. The predicted molar refractivity (Wildman–Crippen MR) is 149 cm³/mol. The highest BCUT2D eigenvalue weighted by atomic mass is 32.1. The molecule has 1 nitrogen and oxygen atoms in total. The van der Waals surface area contributed by atoms with Crippen molar-refractivity contribution in [2.45, 2.75) is 131 Å². The molecular weight excluding hydrogens is 406 g/mol. The van der Waals surface area contributed by atoms with Crippen LogP contribution in [0.5, 0.6) is 0 Å². The van der Waals surface area contributed by atoms with Crippen molar-refractivity contribution in [3.8, 4) is 0 Å². The molecule has 0 radical (unpaired) electrons. The van der Waals surface area contributed by atoms with Crippen molar-refractivity contribution in [1.82, 2.24) is 0 Å². The minimum absolute atomic E-state index is 0. The van der Waals surface area contributed by atoms with Gasteiger partial charge in [0.2, 0.25) is 0 Å². The summed E-state index contributed by atoms with van der Waals surface area (Å²) in [5.74, 6) is 4.84. The Bertz CT molecular complexity index is 592. The second-order valence-corrected chi connectivity index (χ2v) is 11.9. The lowest BCUT2D eigenvalue weighted by molar-refractivity contribution is -0.0435. The van der Waals surface area contributed by atoms with Gasteiger partial charge in [0, 0.05) is 7.47 Å². The van der Waals surface area contributed by atoms with Crippen LogP contribution in [0.15, 0.2) is 11.6 Å². The van der Waals surface area contributed by atoms with Crippen molar-refractivity contribution in [3.63, 3.8) is 0 Å². The Labute approximate surface area is 209 Å². The summed E-state index contributed by atoms with van der Waals surface area (Å²) in [6, 6.07) is 0.427. The smallest absolute Gasteiger partial charge is 0.00766 e. The average Bonchev–Trinajstić information content (AvgIpc) is 3.13. The molecule has 2 heteroatoms. The molecule has 4 rings (SSSR count). The van der Waals surface area contributed by atoms with Crippen molar-refractivity contribution >= 4 is 12.6 Å². The summed E-state index contributed by atoms with van der Waals surface area (Å²) in [4.78, 5) is 0. The van der Waals surface area contributed by atoms with Gasteiger partial charge in [0.1, 0.15) is 0 Å². The third-order valence-electron chi connectivity index (χ3n) is 10.4. The molecule has 0 aromatic heterocycles. The zero-order chi connectivity index (χ0) is 23.9. The standard InChI is InChI=1S/C27H47N.C2H6.CH4S.H2/c1-5-7-19(2)8-6-9-20-11-13-24-23-12-10-21-18-22(28)14-16-27(21,4)25(23)15-17-26(20,24)3;2*1-2;/h10,19-20,22-25H,5-9,11-18,28H2,1-4H3;1-2H3;2H,1H3;1H. The van der Waals surface area contributed by atoms with Gasteiger partial charge in [0.05, 0.1) is 0 Å². The molecule has 3 saturated carbocycles. The minimum atomic E-state index is 0. The maximum Gasteiger partial charge on any atom is 0.00766 e. The highest BCUT2D eigenvalue weighted by molar-refractivity contribution is 7.79. The molecule has 190 valence electrons. The molecule has 4 aliphatic rings. The lowest BCUT2D eigenvalue weighted by Gasteiger charge is -2.58. The molecular formula is C30H59NS. The first-order valence-electron chi connectivity index (χ1n) is 14.3. The van der Waals surface area contributed by atoms with Crippen LogP contribution in [0, 0.1) is 40.4 Å². The molecule has 8 unspecified atom stereocenters. The van der Waals surface area contributed by atoms with Gasteiger partial charge in [-0.1, -0.05) is 78.9 Å². The van der Waals surface area contributed by atoms with E-state index in [2.05, 4.69) is 46.4 Å². The fourth-order valence-electron chi connectivity index (χ4n) is 8.62. The van der Waals surface area contributed by atoms with Gasteiger partial charge in [-0.25, -0.2) is 0 Å². The molecule has 0 spiro atoms. The molecule has 0 saturated heterocycles. The summed E-state index contributed by atoms with van der Waals surface area (Å²) >= 11 is 3.53. The van der Waals surface area contributed by atoms with E-state index in [1.54, 1.807) is 11.8 Å². The first-order chi connectivity index (χ1) is 15.4. The molecule has 0 amide bonds. The van der Waals surface area contributed by atoms with Crippen LogP contribution in [0.3, 0.4) is 0 Å². The first-order valence-corrected chi connectivity index (χ1v) is 15.2. The van der Waals surface area contributed by atoms with Crippen molar-refractivity contribution < 1.29 is 1.43 Å². The number of rotatable bonds is 6. The third-order valence-corrected chi connectivity index (χ3v) is 10.4. The predicted octanol–water partition coefficient (Wildman–Crippen LogP) is 9.32. The monoisotopic (exact) mass is 465 g/mol. The van der Waals surface area contributed by atoms with Gasteiger partial charge < -0.3 is 5.73 Å². The number of allylic oxidation sites excluding steroid dienone is 1. The molecule has 0 aromatic rings. The molecule has 2 N–H and O–H groups in total. The van der Waals surface area contributed by atoms with Crippen LogP contribution >= 0.6 is 12.6 Å². The zero-order valence-corrected chi connectivity index (χ0v) is 23.7. The van der Waals surface area contributed by atoms with Crippen molar-refractivity contribution in [2.75, 3.05) is 6.26 Å². The summed E-state index contributed by atoms with van der Waals surface area (Å²) in [7, 11) is 0. The lowest BCUT2D eigenvalue weighted by atomic mass is 9.47. The molecule has 0 aliphatic heterocycles. The van der Waals surface area contributed by atoms with E-state index in [9.17, 15) is 0 Å². The van der Waals surface area contributed by atoms with E-state index in [0.717, 1.165) is 29.6 Å². The minimum Gasteiger partial charge on any atom is -0.327 e. The Balaban J connectivity index is 0.00000103. The van der Waals surface area contributed by atoms with E-state index < -0.39 is 0 Å². The highest BCUT2D eigenvalue weighted by Gasteiger charge is 2.58. The Morgan fingerprint density at radius 3 is 2.47 bits per heavy atom. The number of hydrogen-bond donors (Lipinski definition) is 2. The van der Waals surface area contributed by atoms with Gasteiger partial charge in [-0.05, 0) is 104 Å². The molecule has 0 heterocycles. The molecule has 3 fully saturated rings. The fraction of sp³-hybridized carbons (Fsp3) is 0.933. The SMILES string of the molecule is CC.CCCC(C)CCCC1CCC2C3CC=C4CC(N)CCC4(C)C3CCC12C.CS.[HH]. The number of hydrogen-bond acceptors (Lipinski definition) is 2.